The molecule has 0 radical (unpaired) electrons. The molecule has 1 aliphatic rings. The molecule has 214 valence electrons. The largest absolute Gasteiger partial charge is 0.436 e. The molecule has 5 rings (SSSR count). The van der Waals surface area contributed by atoms with Crippen molar-refractivity contribution in [3.05, 3.63) is 60.3 Å². The highest BCUT2D eigenvalue weighted by molar-refractivity contribution is 5.94. The number of carbonyl (C=O) groups is 1. The second kappa shape index (κ2) is 12.0. The molecule has 0 aromatic carbocycles. The number of alkyl halides is 3. The highest BCUT2D eigenvalue weighted by Crippen LogP contribution is 2.31. The number of hydrogen-bond donors (Lipinski definition) is 1. The van der Waals surface area contributed by atoms with Crippen molar-refractivity contribution in [2.24, 2.45) is 0 Å². The molecule has 5 heterocycles. The smallest absolute Gasteiger partial charge is 0.346 e. The van der Waals surface area contributed by atoms with E-state index in [2.05, 4.69) is 36.0 Å². The molecule has 0 atom stereocenters. The van der Waals surface area contributed by atoms with Crippen LogP contribution in [-0.2, 0) is 12.7 Å². The first kappa shape index (κ1) is 28.2. The zero-order valence-electron chi connectivity index (χ0n) is 22.0. The van der Waals surface area contributed by atoms with Gasteiger partial charge in [0, 0.05) is 61.6 Å². The number of nitrogens with zero attached hydrogens (tertiary/aromatic N) is 8. The van der Waals surface area contributed by atoms with Crippen molar-refractivity contribution in [3.8, 4) is 17.3 Å². The third-order valence-electron chi connectivity index (χ3n) is 7.27. The molecule has 4 aromatic heterocycles. The minimum absolute atomic E-state index is 0.0853. The predicted octanol–water partition coefficient (Wildman–Crippen LogP) is 4.28. The van der Waals surface area contributed by atoms with Gasteiger partial charge in [0.15, 0.2) is 11.5 Å². The van der Waals surface area contributed by atoms with Gasteiger partial charge in [-0.1, -0.05) is 0 Å². The summed E-state index contributed by atoms with van der Waals surface area (Å²) < 4.78 is 55.5. The van der Waals surface area contributed by atoms with Gasteiger partial charge in [-0.25, -0.2) is 19.3 Å². The van der Waals surface area contributed by atoms with Crippen LogP contribution in [0.4, 0.5) is 17.6 Å². The Morgan fingerprint density at radius 1 is 1.17 bits per heavy atom. The van der Waals surface area contributed by atoms with E-state index in [9.17, 15) is 22.4 Å². The van der Waals surface area contributed by atoms with Crippen LogP contribution in [0.2, 0.25) is 0 Å². The van der Waals surface area contributed by atoms with Crippen LogP contribution in [0, 0.1) is 17.1 Å². The second-order valence-electron chi connectivity index (χ2n) is 9.79. The maximum absolute atomic E-state index is 14.5. The van der Waals surface area contributed by atoms with E-state index in [1.54, 1.807) is 12.4 Å². The van der Waals surface area contributed by atoms with Crippen LogP contribution in [-0.4, -0.2) is 77.6 Å². The Bertz CT molecular complexity index is 1550. The topological polar surface area (TPSA) is 120 Å². The van der Waals surface area contributed by atoms with E-state index in [0.29, 0.717) is 45.3 Å². The van der Waals surface area contributed by atoms with Gasteiger partial charge in [-0.2, -0.15) is 23.5 Å². The molecule has 0 unspecified atom stereocenters. The molecule has 0 spiro atoms. The van der Waals surface area contributed by atoms with Crippen LogP contribution in [0.5, 0.6) is 0 Å². The van der Waals surface area contributed by atoms with Crippen molar-refractivity contribution in [3.63, 3.8) is 0 Å². The third-order valence-corrected chi connectivity index (χ3v) is 7.27. The average molecular weight is 570 g/mol. The van der Waals surface area contributed by atoms with Crippen molar-refractivity contribution in [1.29, 1.82) is 5.26 Å². The van der Waals surface area contributed by atoms with Gasteiger partial charge in [0.05, 0.1) is 30.1 Å². The number of fused-ring (bicyclic) bond motifs is 1. The fourth-order valence-electron chi connectivity index (χ4n) is 5.19. The number of aromatic nitrogens is 6. The lowest BCUT2D eigenvalue weighted by atomic mass is 10.0. The van der Waals surface area contributed by atoms with Crippen LogP contribution in [0.3, 0.4) is 0 Å². The number of amides is 1. The number of H-pyrrole nitrogens is 1. The summed E-state index contributed by atoms with van der Waals surface area (Å²) in [4.78, 5) is 31.3. The van der Waals surface area contributed by atoms with Gasteiger partial charge in [0.1, 0.15) is 12.0 Å². The van der Waals surface area contributed by atoms with Crippen molar-refractivity contribution in [2.45, 2.75) is 44.4 Å². The number of likely N-dealkylation sites (tertiary alicyclic amines) is 1. The van der Waals surface area contributed by atoms with Crippen molar-refractivity contribution < 1.29 is 22.4 Å². The summed E-state index contributed by atoms with van der Waals surface area (Å²) >= 11 is 0. The SMILES string of the molecule is N#CCCCN(CCn1cc(-c2ncnc3[nH]ccc23)cn1)C1CCN(C(=O)c2ccnc(C(F)(F)F)c2F)CC1. The normalized spacial score (nSPS) is 14.6. The van der Waals surface area contributed by atoms with E-state index in [-0.39, 0.29) is 19.1 Å². The van der Waals surface area contributed by atoms with Crippen molar-refractivity contribution in [1.82, 2.24) is 39.5 Å². The molecule has 1 amide bonds. The summed E-state index contributed by atoms with van der Waals surface area (Å²) in [5.74, 6) is -2.43. The highest BCUT2D eigenvalue weighted by atomic mass is 19.4. The summed E-state index contributed by atoms with van der Waals surface area (Å²) in [6.45, 7) is 2.43. The maximum Gasteiger partial charge on any atom is 0.436 e. The van der Waals surface area contributed by atoms with Crippen molar-refractivity contribution in [2.75, 3.05) is 26.2 Å². The molecular weight excluding hydrogens is 542 g/mol. The van der Waals surface area contributed by atoms with Gasteiger partial charge in [-0.15, -0.1) is 0 Å². The number of aromatic amines is 1. The zero-order valence-corrected chi connectivity index (χ0v) is 22.0. The Kier molecular flexibility index (Phi) is 8.25. The Labute approximate surface area is 232 Å². The van der Waals surface area contributed by atoms with E-state index in [0.717, 1.165) is 34.6 Å². The Hall–Kier alpha value is -4.38. The Morgan fingerprint density at radius 2 is 1.98 bits per heavy atom. The van der Waals surface area contributed by atoms with Crippen molar-refractivity contribution >= 4 is 16.9 Å². The van der Waals surface area contributed by atoms with Gasteiger partial charge in [0.2, 0.25) is 0 Å². The van der Waals surface area contributed by atoms with Gasteiger partial charge < -0.3 is 9.88 Å². The zero-order chi connectivity index (χ0) is 29.0. The number of pyridine rings is 1. The molecule has 1 N–H and O–H groups in total. The number of halogens is 4. The number of unbranched alkanes of at least 4 members (excludes halogenated alkanes) is 1. The van der Waals surface area contributed by atoms with Crippen LogP contribution < -0.4 is 0 Å². The number of nitrogens with one attached hydrogen (secondary N) is 1. The Morgan fingerprint density at radius 3 is 2.73 bits per heavy atom. The van der Waals surface area contributed by atoms with E-state index in [4.69, 9.17) is 5.26 Å². The summed E-state index contributed by atoms with van der Waals surface area (Å²) in [7, 11) is 0. The lowest BCUT2D eigenvalue weighted by Gasteiger charge is -2.38. The number of hydrogen-bond acceptors (Lipinski definition) is 7. The monoisotopic (exact) mass is 569 g/mol. The predicted molar refractivity (Wildman–Crippen MR) is 140 cm³/mol. The molecule has 10 nitrogen and oxygen atoms in total. The quantitative estimate of drug-likeness (QED) is 0.236. The van der Waals surface area contributed by atoms with Gasteiger partial charge >= 0.3 is 6.18 Å². The Balaban J connectivity index is 1.23. The summed E-state index contributed by atoms with van der Waals surface area (Å²) in [5, 5.41) is 14.4. The van der Waals surface area contributed by atoms with Crippen LogP contribution in [0.25, 0.3) is 22.3 Å². The summed E-state index contributed by atoms with van der Waals surface area (Å²) in [6.07, 6.45) is 4.99. The third kappa shape index (κ3) is 6.19. The molecule has 0 aliphatic carbocycles. The summed E-state index contributed by atoms with van der Waals surface area (Å²) in [5.41, 5.74) is 0.0478. The van der Waals surface area contributed by atoms with Gasteiger partial charge in [-0.3, -0.25) is 14.4 Å². The standard InChI is InChI=1S/C27H27F4N9O/c28-22-20(3-8-33-24(22)27(29,30)31)26(41)39-11-5-19(6-12-39)38(10-2-1-7-32)13-14-40-16-18(15-37-40)23-21-4-9-34-25(21)36-17-35-23/h3-4,8-9,15-17,19H,1-2,5-6,10-14H2,(H,34,35,36). The van der Waals surface area contributed by atoms with E-state index >= 15 is 0 Å². The van der Waals surface area contributed by atoms with Crippen LogP contribution in [0.15, 0.2) is 43.2 Å². The fraction of sp³-hybridized carbons (Fsp3) is 0.407. The molecule has 1 saturated heterocycles. The molecule has 4 aromatic rings. The number of rotatable bonds is 9. The highest BCUT2D eigenvalue weighted by Gasteiger charge is 2.38. The molecule has 0 bridgehead atoms. The first-order valence-corrected chi connectivity index (χ1v) is 13.2. The minimum atomic E-state index is -4.99. The van der Waals surface area contributed by atoms with E-state index in [1.165, 1.54) is 11.2 Å². The first-order chi connectivity index (χ1) is 19.8. The lowest BCUT2D eigenvalue weighted by Crippen LogP contribution is -2.48. The van der Waals surface area contributed by atoms with E-state index in [1.807, 2.05) is 16.9 Å². The molecule has 41 heavy (non-hydrogen) atoms. The summed E-state index contributed by atoms with van der Waals surface area (Å²) in [6, 6.07) is 5.14. The maximum atomic E-state index is 14.5. The molecule has 14 heteroatoms. The molecule has 1 fully saturated rings. The van der Waals surface area contributed by atoms with E-state index < -0.39 is 29.2 Å². The first-order valence-electron chi connectivity index (χ1n) is 13.2. The molecule has 0 saturated carbocycles. The van der Waals surface area contributed by atoms with Gasteiger partial charge in [-0.05, 0) is 37.9 Å². The lowest BCUT2D eigenvalue weighted by molar-refractivity contribution is -0.143. The average Bonchev–Trinajstić information content (AvgIpc) is 3.64. The number of piperidine rings is 1. The molecular formula is C27H27F4N9O. The van der Waals surface area contributed by atoms with Crippen LogP contribution in [0.1, 0.15) is 41.7 Å². The van der Waals surface area contributed by atoms with Gasteiger partial charge in [0.25, 0.3) is 5.91 Å². The fourth-order valence-corrected chi connectivity index (χ4v) is 5.19. The number of nitriles is 1. The number of carbonyl (C=O) groups excluding carboxylic acids is 1. The molecule has 1 aliphatic heterocycles. The second-order valence-corrected chi connectivity index (χ2v) is 9.79. The van der Waals surface area contributed by atoms with Crippen LogP contribution >= 0.6 is 0 Å². The minimum Gasteiger partial charge on any atom is -0.346 e.